The summed E-state index contributed by atoms with van der Waals surface area (Å²) in [4.78, 5) is 4.66. The van der Waals surface area contributed by atoms with Gasteiger partial charge in [-0.15, -0.1) is 0 Å². The van der Waals surface area contributed by atoms with Gasteiger partial charge in [-0.05, 0) is 52.5 Å². The van der Waals surface area contributed by atoms with E-state index in [2.05, 4.69) is 21.7 Å². The molecule has 146 valence electrons. The van der Waals surface area contributed by atoms with Crippen LogP contribution in [0.4, 0.5) is 0 Å². The Morgan fingerprint density at radius 3 is 2.65 bits per heavy atom. The molecule has 0 aromatic heterocycles. The van der Waals surface area contributed by atoms with E-state index in [0.29, 0.717) is 18.8 Å². The second kappa shape index (κ2) is 9.95. The van der Waals surface area contributed by atoms with Crippen molar-refractivity contribution in [2.45, 2.75) is 51.8 Å². The standard InChI is InChI=1S/C20H33N3O2S/c1-5-21-19(22-12-13-26(24)20(2,3)4)23-14-17-8-6-7-9-18(17)25-15-16-10-11-16/h6-9,16H,5,10-15H2,1-4H3,(H2,21,22,23). The van der Waals surface area contributed by atoms with Crippen LogP contribution in [0.5, 0.6) is 5.75 Å². The van der Waals surface area contributed by atoms with E-state index in [1.165, 1.54) is 12.8 Å². The van der Waals surface area contributed by atoms with E-state index >= 15 is 0 Å². The van der Waals surface area contributed by atoms with Crippen molar-refractivity contribution in [1.82, 2.24) is 10.6 Å². The van der Waals surface area contributed by atoms with Gasteiger partial charge in [0.15, 0.2) is 5.96 Å². The highest BCUT2D eigenvalue weighted by molar-refractivity contribution is 7.86. The summed E-state index contributed by atoms with van der Waals surface area (Å²) in [5.74, 6) is 3.01. The van der Waals surface area contributed by atoms with Crippen LogP contribution in [0.25, 0.3) is 0 Å². The average Bonchev–Trinajstić information content (AvgIpc) is 3.42. The Labute approximate surface area is 160 Å². The van der Waals surface area contributed by atoms with E-state index in [-0.39, 0.29) is 4.75 Å². The maximum absolute atomic E-state index is 12.2. The first kappa shape index (κ1) is 20.7. The van der Waals surface area contributed by atoms with Crippen LogP contribution >= 0.6 is 0 Å². The Morgan fingerprint density at radius 2 is 2.00 bits per heavy atom. The van der Waals surface area contributed by atoms with Crippen molar-refractivity contribution in [2.24, 2.45) is 10.9 Å². The van der Waals surface area contributed by atoms with Crippen molar-refractivity contribution in [3.05, 3.63) is 29.8 Å². The van der Waals surface area contributed by atoms with Crippen LogP contribution in [-0.2, 0) is 17.3 Å². The fourth-order valence-electron chi connectivity index (χ4n) is 2.34. The van der Waals surface area contributed by atoms with Gasteiger partial charge in [-0.1, -0.05) is 18.2 Å². The van der Waals surface area contributed by atoms with Crippen LogP contribution in [0.1, 0.15) is 46.1 Å². The molecular weight excluding hydrogens is 346 g/mol. The molecule has 0 spiro atoms. The molecule has 0 saturated heterocycles. The van der Waals surface area contributed by atoms with Gasteiger partial charge in [-0.25, -0.2) is 4.99 Å². The summed E-state index contributed by atoms with van der Waals surface area (Å²) in [6.45, 7) is 10.8. The number of hydrogen-bond acceptors (Lipinski definition) is 3. The number of hydrogen-bond donors (Lipinski definition) is 2. The quantitative estimate of drug-likeness (QED) is 0.511. The smallest absolute Gasteiger partial charge is 0.191 e. The summed E-state index contributed by atoms with van der Waals surface area (Å²) in [5.41, 5.74) is 1.09. The molecule has 5 nitrogen and oxygen atoms in total. The lowest BCUT2D eigenvalue weighted by molar-refractivity contribution is 0.297. The molecule has 1 aromatic carbocycles. The van der Waals surface area contributed by atoms with E-state index in [1.54, 1.807) is 0 Å². The number of benzene rings is 1. The number of ether oxygens (including phenoxy) is 1. The van der Waals surface area contributed by atoms with Crippen molar-refractivity contribution in [3.8, 4) is 5.75 Å². The summed E-state index contributed by atoms with van der Waals surface area (Å²) in [6, 6.07) is 8.09. The van der Waals surface area contributed by atoms with E-state index in [4.69, 9.17) is 4.74 Å². The van der Waals surface area contributed by atoms with E-state index in [0.717, 1.165) is 36.3 Å². The molecule has 26 heavy (non-hydrogen) atoms. The molecule has 1 saturated carbocycles. The molecule has 0 heterocycles. The normalized spacial score (nSPS) is 16.2. The van der Waals surface area contributed by atoms with Gasteiger partial charge in [0.2, 0.25) is 0 Å². The summed E-state index contributed by atoms with van der Waals surface area (Å²) >= 11 is 0. The predicted octanol–water partition coefficient (Wildman–Crippen LogP) is 3.08. The largest absolute Gasteiger partial charge is 0.493 e. The predicted molar refractivity (Wildman–Crippen MR) is 110 cm³/mol. The van der Waals surface area contributed by atoms with E-state index in [1.807, 2.05) is 45.9 Å². The molecule has 2 rings (SSSR count). The van der Waals surface area contributed by atoms with Crippen molar-refractivity contribution < 1.29 is 8.95 Å². The molecule has 1 aliphatic carbocycles. The first-order valence-corrected chi connectivity index (χ1v) is 10.8. The van der Waals surface area contributed by atoms with Crippen molar-refractivity contribution in [1.29, 1.82) is 0 Å². The molecule has 2 N–H and O–H groups in total. The van der Waals surface area contributed by atoms with Crippen molar-refractivity contribution >= 4 is 16.8 Å². The number of rotatable bonds is 9. The highest BCUT2D eigenvalue weighted by atomic mass is 32.2. The lowest BCUT2D eigenvalue weighted by Crippen LogP contribution is -2.40. The number of nitrogens with zero attached hydrogens (tertiary/aromatic N) is 1. The Kier molecular flexibility index (Phi) is 7.94. The number of guanidine groups is 1. The Hall–Kier alpha value is -1.56. The fraction of sp³-hybridized carbons (Fsp3) is 0.650. The van der Waals surface area contributed by atoms with Crippen LogP contribution in [-0.4, -0.2) is 40.4 Å². The zero-order valence-electron chi connectivity index (χ0n) is 16.5. The van der Waals surface area contributed by atoms with Gasteiger partial charge in [0.05, 0.1) is 13.2 Å². The average molecular weight is 380 g/mol. The second-order valence-corrected chi connectivity index (χ2v) is 9.97. The number of aliphatic imine (C=N–C) groups is 1. The summed E-state index contributed by atoms with van der Waals surface area (Å²) in [5, 5.41) is 6.52. The molecule has 1 fully saturated rings. The third-order valence-electron chi connectivity index (χ3n) is 4.16. The number of para-hydroxylation sites is 1. The van der Waals surface area contributed by atoms with Gasteiger partial charge >= 0.3 is 0 Å². The maximum Gasteiger partial charge on any atom is 0.191 e. The highest BCUT2D eigenvalue weighted by Gasteiger charge is 2.22. The first-order valence-electron chi connectivity index (χ1n) is 9.51. The third-order valence-corrected chi connectivity index (χ3v) is 6.10. The summed E-state index contributed by atoms with van der Waals surface area (Å²) < 4.78 is 17.9. The Balaban J connectivity index is 1.90. The van der Waals surface area contributed by atoms with Crippen molar-refractivity contribution in [2.75, 3.05) is 25.4 Å². The maximum atomic E-state index is 12.2. The molecule has 1 aliphatic rings. The summed E-state index contributed by atoms with van der Waals surface area (Å²) in [7, 11) is -0.868. The topological polar surface area (TPSA) is 62.7 Å². The Morgan fingerprint density at radius 1 is 1.27 bits per heavy atom. The minimum absolute atomic E-state index is 0.186. The molecule has 0 bridgehead atoms. The monoisotopic (exact) mass is 379 g/mol. The van der Waals surface area contributed by atoms with Crippen molar-refractivity contribution in [3.63, 3.8) is 0 Å². The van der Waals surface area contributed by atoms with Gasteiger partial charge < -0.3 is 15.4 Å². The van der Waals surface area contributed by atoms with E-state index in [9.17, 15) is 4.21 Å². The Bertz CT molecular complexity index is 622. The lowest BCUT2D eigenvalue weighted by Gasteiger charge is -2.18. The van der Waals surface area contributed by atoms with Gasteiger partial charge in [0.1, 0.15) is 5.75 Å². The lowest BCUT2D eigenvalue weighted by atomic mass is 10.2. The zero-order valence-corrected chi connectivity index (χ0v) is 17.3. The van der Waals surface area contributed by atoms with Crippen LogP contribution in [0.3, 0.4) is 0 Å². The molecular formula is C20H33N3O2S. The molecule has 1 unspecified atom stereocenters. The van der Waals surface area contributed by atoms with Crippen LogP contribution in [0, 0.1) is 5.92 Å². The van der Waals surface area contributed by atoms with Gasteiger partial charge in [-0.3, -0.25) is 4.21 Å². The molecule has 6 heteroatoms. The molecule has 1 atom stereocenters. The minimum Gasteiger partial charge on any atom is -0.493 e. The molecule has 0 aliphatic heterocycles. The van der Waals surface area contributed by atoms with Crippen LogP contribution < -0.4 is 15.4 Å². The molecule has 1 aromatic rings. The number of nitrogens with one attached hydrogen (secondary N) is 2. The van der Waals surface area contributed by atoms with E-state index < -0.39 is 10.8 Å². The van der Waals surface area contributed by atoms with Gasteiger partial charge in [0.25, 0.3) is 0 Å². The SMILES string of the molecule is CCNC(=NCc1ccccc1OCC1CC1)NCCS(=O)C(C)(C)C. The fourth-order valence-corrected chi connectivity index (χ4v) is 3.24. The van der Waals surface area contributed by atoms with Gasteiger partial charge in [-0.2, -0.15) is 0 Å². The molecule has 0 amide bonds. The van der Waals surface area contributed by atoms with Gasteiger partial charge in [0, 0.05) is 40.0 Å². The first-order chi connectivity index (χ1) is 12.4. The molecule has 0 radical (unpaired) electrons. The zero-order chi connectivity index (χ0) is 19.0. The third kappa shape index (κ3) is 7.36. The highest BCUT2D eigenvalue weighted by Crippen LogP contribution is 2.30. The van der Waals surface area contributed by atoms with Crippen LogP contribution in [0.15, 0.2) is 29.3 Å². The van der Waals surface area contributed by atoms with Crippen LogP contribution in [0.2, 0.25) is 0 Å². The summed E-state index contributed by atoms with van der Waals surface area (Å²) in [6.07, 6.45) is 2.56. The second-order valence-electron chi connectivity index (χ2n) is 7.65. The minimum atomic E-state index is -0.868.